The van der Waals surface area contributed by atoms with Crippen LogP contribution in [-0.2, 0) is 10.0 Å². The Bertz CT molecular complexity index is 2080. The SMILES string of the molecule is CCC(=O)c1c(-c2ccc(F)cc2)oc2cc(N(C)S(C)(=O)=O)c(-c3ccc4c(n3)NC(c3cccc(F)c3)NC4=O)cc12. The van der Waals surface area contributed by atoms with Gasteiger partial charge in [-0.1, -0.05) is 19.1 Å². The maximum atomic E-state index is 13.9. The predicted octanol–water partition coefficient (Wildman–Crippen LogP) is 6.28. The van der Waals surface area contributed by atoms with E-state index >= 15 is 0 Å². The lowest BCUT2D eigenvalue weighted by Gasteiger charge is -2.28. The second-order valence-corrected chi connectivity index (χ2v) is 12.4. The molecule has 0 radical (unpaired) electrons. The van der Waals surface area contributed by atoms with Crippen molar-refractivity contribution in [2.24, 2.45) is 0 Å². The quantitative estimate of drug-likeness (QED) is 0.206. The van der Waals surface area contributed by atoms with Crippen LogP contribution in [0.1, 0.15) is 45.8 Å². The highest BCUT2D eigenvalue weighted by molar-refractivity contribution is 7.92. The minimum atomic E-state index is -3.77. The molecule has 1 aliphatic heterocycles. The van der Waals surface area contributed by atoms with Gasteiger partial charge >= 0.3 is 0 Å². The number of Topliss-reactive ketones (excluding diaryl/α,β-unsaturated/α-hetero) is 1. The van der Waals surface area contributed by atoms with Crippen LogP contribution in [0.5, 0.6) is 0 Å². The van der Waals surface area contributed by atoms with E-state index in [-0.39, 0.29) is 46.2 Å². The number of fused-ring (bicyclic) bond motifs is 2. The Morgan fingerprint density at radius 2 is 1.73 bits per heavy atom. The van der Waals surface area contributed by atoms with Gasteiger partial charge < -0.3 is 15.1 Å². The first-order chi connectivity index (χ1) is 20.9. The Morgan fingerprint density at radius 3 is 2.41 bits per heavy atom. The molecule has 12 heteroatoms. The van der Waals surface area contributed by atoms with Crippen LogP contribution in [0, 0.1) is 11.6 Å². The lowest BCUT2D eigenvalue weighted by molar-refractivity contribution is 0.0933. The van der Waals surface area contributed by atoms with Gasteiger partial charge in [-0.3, -0.25) is 13.9 Å². The fourth-order valence-electron chi connectivity index (χ4n) is 5.17. The Balaban J connectivity index is 1.56. The molecule has 6 rings (SSSR count). The van der Waals surface area contributed by atoms with Crippen LogP contribution in [0.4, 0.5) is 20.3 Å². The minimum Gasteiger partial charge on any atom is -0.455 e. The summed E-state index contributed by atoms with van der Waals surface area (Å²) >= 11 is 0. The maximum absolute atomic E-state index is 13.9. The fourth-order valence-corrected chi connectivity index (χ4v) is 5.68. The number of carbonyl (C=O) groups is 2. The van der Waals surface area contributed by atoms with Crippen molar-refractivity contribution in [1.82, 2.24) is 10.3 Å². The van der Waals surface area contributed by atoms with Crippen molar-refractivity contribution in [3.05, 3.63) is 101 Å². The molecule has 3 heterocycles. The number of pyridine rings is 1. The van der Waals surface area contributed by atoms with E-state index < -0.39 is 33.7 Å². The summed E-state index contributed by atoms with van der Waals surface area (Å²) in [6.07, 6.45) is 0.435. The van der Waals surface area contributed by atoms with Crippen molar-refractivity contribution >= 4 is 44.2 Å². The lowest BCUT2D eigenvalue weighted by Crippen LogP contribution is -2.39. The van der Waals surface area contributed by atoms with E-state index in [1.165, 1.54) is 55.6 Å². The molecule has 1 unspecified atom stereocenters. The number of anilines is 2. The predicted molar refractivity (Wildman–Crippen MR) is 163 cm³/mol. The molecule has 0 bridgehead atoms. The molecule has 0 spiro atoms. The molecule has 9 nitrogen and oxygen atoms in total. The molecule has 0 saturated carbocycles. The summed E-state index contributed by atoms with van der Waals surface area (Å²) in [5, 5.41) is 6.32. The molecule has 2 N–H and O–H groups in total. The van der Waals surface area contributed by atoms with Crippen LogP contribution in [0.2, 0.25) is 0 Å². The molecule has 224 valence electrons. The number of sulfonamides is 1. The molecule has 0 fully saturated rings. The summed E-state index contributed by atoms with van der Waals surface area (Å²) in [5.74, 6) is -1.14. The summed E-state index contributed by atoms with van der Waals surface area (Å²) in [6.45, 7) is 1.71. The lowest BCUT2D eigenvalue weighted by atomic mass is 9.97. The van der Waals surface area contributed by atoms with Crippen molar-refractivity contribution < 1.29 is 31.2 Å². The summed E-state index contributed by atoms with van der Waals surface area (Å²) < 4.78 is 60.3. The highest BCUT2D eigenvalue weighted by Crippen LogP contribution is 2.42. The summed E-state index contributed by atoms with van der Waals surface area (Å²) in [7, 11) is -2.39. The van der Waals surface area contributed by atoms with E-state index in [9.17, 15) is 26.8 Å². The second-order valence-electron chi connectivity index (χ2n) is 10.4. The number of ketones is 1. The van der Waals surface area contributed by atoms with E-state index in [2.05, 4.69) is 15.6 Å². The highest BCUT2D eigenvalue weighted by Gasteiger charge is 2.29. The van der Waals surface area contributed by atoms with E-state index in [0.29, 0.717) is 27.8 Å². The van der Waals surface area contributed by atoms with E-state index in [1.54, 1.807) is 31.2 Å². The maximum Gasteiger partial charge on any atom is 0.256 e. The zero-order valence-electron chi connectivity index (χ0n) is 23.8. The van der Waals surface area contributed by atoms with Crippen molar-refractivity contribution in [1.29, 1.82) is 0 Å². The van der Waals surface area contributed by atoms with Crippen LogP contribution in [0.15, 0.2) is 77.2 Å². The van der Waals surface area contributed by atoms with E-state index in [4.69, 9.17) is 4.42 Å². The number of rotatable bonds is 7. The van der Waals surface area contributed by atoms with Gasteiger partial charge in [0, 0.05) is 36.0 Å². The van der Waals surface area contributed by atoms with Crippen molar-refractivity contribution in [2.45, 2.75) is 19.5 Å². The van der Waals surface area contributed by atoms with Crippen LogP contribution in [-0.4, -0.2) is 38.4 Å². The molecule has 0 aliphatic carbocycles. The van der Waals surface area contributed by atoms with Crippen LogP contribution in [0.25, 0.3) is 33.6 Å². The minimum absolute atomic E-state index is 0.154. The third-order valence-electron chi connectivity index (χ3n) is 7.50. The first-order valence-electron chi connectivity index (χ1n) is 13.6. The van der Waals surface area contributed by atoms with Gasteiger partial charge in [0.15, 0.2) is 5.78 Å². The number of hydrogen-bond donors (Lipinski definition) is 2. The van der Waals surface area contributed by atoms with E-state index in [0.717, 1.165) is 10.6 Å². The van der Waals surface area contributed by atoms with Gasteiger partial charge in [-0.05, 0) is 60.2 Å². The zero-order valence-corrected chi connectivity index (χ0v) is 24.6. The standard InChI is InChI=1S/C32H26F2N4O5S/c1-4-26(39)28-23-15-22(24-13-12-21-31(35-24)36-30(37-32(21)40)18-6-5-7-20(34)14-18)25(38(2)44(3,41)42)16-27(23)43-29(28)17-8-10-19(33)11-9-17/h5-16,30H,4H2,1-3H3,(H,35,36)(H,37,40). The van der Waals surface area contributed by atoms with Crippen LogP contribution >= 0.6 is 0 Å². The first-order valence-corrected chi connectivity index (χ1v) is 15.5. The topological polar surface area (TPSA) is 122 Å². The third-order valence-corrected chi connectivity index (χ3v) is 8.70. The Morgan fingerprint density at radius 1 is 0.977 bits per heavy atom. The Hall–Kier alpha value is -5.10. The van der Waals surface area contributed by atoms with Crippen molar-refractivity contribution in [2.75, 3.05) is 22.9 Å². The molecule has 44 heavy (non-hydrogen) atoms. The number of amides is 1. The third kappa shape index (κ3) is 5.17. The molecule has 1 aliphatic rings. The van der Waals surface area contributed by atoms with Crippen molar-refractivity contribution in [3.8, 4) is 22.6 Å². The summed E-state index contributed by atoms with van der Waals surface area (Å²) in [6, 6.07) is 17.6. The van der Waals surface area contributed by atoms with E-state index in [1.807, 2.05) is 0 Å². The normalized spacial score (nSPS) is 14.6. The number of nitrogens with zero attached hydrogens (tertiary/aromatic N) is 2. The fraction of sp³-hybridized carbons (Fsp3) is 0.156. The second kappa shape index (κ2) is 10.9. The van der Waals surface area contributed by atoms with Gasteiger partial charge in [0.2, 0.25) is 10.0 Å². The number of carbonyl (C=O) groups excluding carboxylic acids is 2. The molecule has 2 aromatic heterocycles. The highest BCUT2D eigenvalue weighted by atomic mass is 32.2. The number of nitrogens with one attached hydrogen (secondary N) is 2. The molecule has 0 saturated heterocycles. The van der Waals surface area contributed by atoms with Crippen LogP contribution < -0.4 is 14.9 Å². The average molecular weight is 617 g/mol. The van der Waals surface area contributed by atoms with Gasteiger partial charge in [-0.25, -0.2) is 22.2 Å². The number of hydrogen-bond acceptors (Lipinski definition) is 7. The number of furan rings is 1. The van der Waals surface area contributed by atoms with Gasteiger partial charge in [0.25, 0.3) is 5.91 Å². The first kappa shape index (κ1) is 29.0. The smallest absolute Gasteiger partial charge is 0.256 e. The average Bonchev–Trinajstić information content (AvgIpc) is 3.37. The monoisotopic (exact) mass is 616 g/mol. The summed E-state index contributed by atoms with van der Waals surface area (Å²) in [4.78, 5) is 30.9. The number of benzene rings is 3. The molecular formula is C32H26F2N4O5S. The number of halogens is 2. The van der Waals surface area contributed by atoms with Crippen molar-refractivity contribution in [3.63, 3.8) is 0 Å². The zero-order chi connectivity index (χ0) is 31.3. The Kier molecular flexibility index (Phi) is 7.16. The van der Waals surface area contributed by atoms with Gasteiger partial charge in [-0.2, -0.15) is 0 Å². The van der Waals surface area contributed by atoms with Crippen LogP contribution in [0.3, 0.4) is 0 Å². The molecule has 1 amide bonds. The number of aromatic nitrogens is 1. The van der Waals surface area contributed by atoms with Gasteiger partial charge in [-0.15, -0.1) is 0 Å². The van der Waals surface area contributed by atoms with Gasteiger partial charge in [0.05, 0.1) is 28.8 Å². The summed E-state index contributed by atoms with van der Waals surface area (Å²) in [5.41, 5.74) is 2.57. The Labute approximate surface area is 251 Å². The molecular weight excluding hydrogens is 590 g/mol. The molecule has 5 aromatic rings. The molecule has 3 aromatic carbocycles. The van der Waals surface area contributed by atoms with Gasteiger partial charge in [0.1, 0.15) is 35.0 Å². The molecule has 1 atom stereocenters. The largest absolute Gasteiger partial charge is 0.455 e.